The van der Waals surface area contributed by atoms with Gasteiger partial charge in [0.15, 0.2) is 6.73 Å². The number of carbonyl (C=O) groups is 3. The molecule has 1 aliphatic rings. The zero-order valence-corrected chi connectivity index (χ0v) is 19.6. The molecule has 1 aliphatic heterocycles. The third-order valence-corrected chi connectivity index (χ3v) is 7.79. The lowest BCUT2D eigenvalue weighted by Gasteiger charge is -2.19. The van der Waals surface area contributed by atoms with Gasteiger partial charge in [-0.3, -0.25) is 14.4 Å². The van der Waals surface area contributed by atoms with Crippen LogP contribution in [0, 0.1) is 34.6 Å². The highest BCUT2D eigenvalue weighted by Gasteiger charge is 2.35. The molecule has 2 aromatic rings. The van der Waals surface area contributed by atoms with Gasteiger partial charge >= 0.3 is 5.97 Å². The minimum Gasteiger partial charge on any atom is -0.444 e. The Labute approximate surface area is 187 Å². The van der Waals surface area contributed by atoms with Crippen LogP contribution in [-0.2, 0) is 19.6 Å². The van der Waals surface area contributed by atoms with Gasteiger partial charge in [-0.1, -0.05) is 12.1 Å². The van der Waals surface area contributed by atoms with Gasteiger partial charge in [0.25, 0.3) is 11.8 Å². The first kappa shape index (κ1) is 23.6. The van der Waals surface area contributed by atoms with E-state index in [1.165, 1.54) is 12.1 Å². The number of ether oxygens (including phenoxy) is 1. The zero-order valence-electron chi connectivity index (χ0n) is 18.7. The molecule has 8 nitrogen and oxygen atoms in total. The minimum atomic E-state index is -3.84. The third-order valence-electron chi connectivity index (χ3n) is 6.05. The summed E-state index contributed by atoms with van der Waals surface area (Å²) >= 11 is 0. The molecule has 2 amide bonds. The number of benzene rings is 2. The van der Waals surface area contributed by atoms with Crippen LogP contribution in [0.3, 0.4) is 0 Å². The maximum absolute atomic E-state index is 12.9. The Balaban J connectivity index is 1.59. The molecule has 0 fully saturated rings. The van der Waals surface area contributed by atoms with Crippen molar-refractivity contribution in [1.29, 1.82) is 0 Å². The van der Waals surface area contributed by atoms with Crippen LogP contribution in [0.4, 0.5) is 0 Å². The first-order valence-corrected chi connectivity index (χ1v) is 11.6. The standard InChI is InChI=1S/C23H26N2O6S/c1-13-14(2)16(4)21(17(5)15(13)3)32(29,30)24-11-10-20(26)31-12-25-22(27)18-8-6-7-9-19(18)23(25)28/h6-9,24H,10-12H2,1-5H3. The maximum Gasteiger partial charge on any atom is 0.308 e. The van der Waals surface area contributed by atoms with E-state index in [1.54, 1.807) is 26.0 Å². The van der Waals surface area contributed by atoms with Crippen LogP contribution in [0.2, 0.25) is 0 Å². The summed E-state index contributed by atoms with van der Waals surface area (Å²) in [4.78, 5) is 37.7. The highest BCUT2D eigenvalue weighted by atomic mass is 32.2. The summed E-state index contributed by atoms with van der Waals surface area (Å²) in [5, 5.41) is 0. The van der Waals surface area contributed by atoms with Gasteiger partial charge in [0, 0.05) is 6.54 Å². The van der Waals surface area contributed by atoms with Gasteiger partial charge in [-0.25, -0.2) is 18.0 Å². The second-order valence-electron chi connectivity index (χ2n) is 7.83. The van der Waals surface area contributed by atoms with Gasteiger partial charge in [0.1, 0.15) is 0 Å². The van der Waals surface area contributed by atoms with E-state index in [-0.39, 0.29) is 29.0 Å². The fourth-order valence-corrected chi connectivity index (χ4v) is 5.42. The van der Waals surface area contributed by atoms with Gasteiger partial charge in [-0.2, -0.15) is 0 Å². The summed E-state index contributed by atoms with van der Waals surface area (Å²) in [7, 11) is -3.84. The molecule has 0 saturated carbocycles. The number of imide groups is 1. The Kier molecular flexibility index (Phi) is 6.52. The van der Waals surface area contributed by atoms with E-state index in [2.05, 4.69) is 4.72 Å². The van der Waals surface area contributed by atoms with Gasteiger partial charge in [-0.05, 0) is 74.6 Å². The van der Waals surface area contributed by atoms with E-state index in [9.17, 15) is 22.8 Å². The molecule has 0 radical (unpaired) electrons. The molecule has 0 unspecified atom stereocenters. The SMILES string of the molecule is Cc1c(C)c(C)c(S(=O)(=O)NCCC(=O)OCN2C(=O)c3ccccc3C2=O)c(C)c1C. The molecule has 9 heteroatoms. The minimum absolute atomic E-state index is 0.172. The van der Waals surface area contributed by atoms with Crippen LogP contribution < -0.4 is 4.72 Å². The van der Waals surface area contributed by atoms with Crippen molar-refractivity contribution in [1.82, 2.24) is 9.62 Å². The van der Waals surface area contributed by atoms with Crippen molar-refractivity contribution in [3.8, 4) is 0 Å². The molecule has 0 atom stereocenters. The third kappa shape index (κ3) is 4.18. The lowest BCUT2D eigenvalue weighted by Crippen LogP contribution is -2.34. The van der Waals surface area contributed by atoms with Crippen molar-refractivity contribution in [2.45, 2.75) is 45.9 Å². The summed E-state index contributed by atoms with van der Waals surface area (Å²) in [6, 6.07) is 6.35. The Morgan fingerprint density at radius 1 is 0.875 bits per heavy atom. The Morgan fingerprint density at radius 2 is 1.34 bits per heavy atom. The van der Waals surface area contributed by atoms with Gasteiger partial charge < -0.3 is 4.74 Å². The first-order chi connectivity index (χ1) is 15.0. The van der Waals surface area contributed by atoms with Crippen LogP contribution in [0.15, 0.2) is 29.2 Å². The lowest BCUT2D eigenvalue weighted by atomic mass is 9.95. The molecule has 1 N–H and O–H groups in total. The average molecular weight is 459 g/mol. The normalized spacial score (nSPS) is 13.5. The number of esters is 1. The van der Waals surface area contributed by atoms with E-state index < -0.39 is 34.5 Å². The molecule has 2 aromatic carbocycles. The summed E-state index contributed by atoms with van der Waals surface area (Å²) < 4.78 is 33.3. The van der Waals surface area contributed by atoms with Crippen molar-refractivity contribution in [3.63, 3.8) is 0 Å². The summed E-state index contributed by atoms with van der Waals surface area (Å²) in [5.41, 5.74) is 4.74. The molecule has 1 heterocycles. The van der Waals surface area contributed by atoms with Crippen molar-refractivity contribution >= 4 is 27.8 Å². The fourth-order valence-electron chi connectivity index (χ4n) is 3.79. The number of amides is 2. The quantitative estimate of drug-likeness (QED) is 0.505. The molecule has 0 aliphatic carbocycles. The second-order valence-corrected chi connectivity index (χ2v) is 9.54. The molecular formula is C23H26N2O6S. The van der Waals surface area contributed by atoms with E-state index in [1.807, 2.05) is 20.8 Å². The number of rotatable bonds is 7. The lowest BCUT2D eigenvalue weighted by molar-refractivity contribution is -0.146. The number of hydrogen-bond acceptors (Lipinski definition) is 6. The van der Waals surface area contributed by atoms with Gasteiger partial charge in [-0.15, -0.1) is 0 Å². The number of hydrogen-bond donors (Lipinski definition) is 1. The molecule has 170 valence electrons. The van der Waals surface area contributed by atoms with E-state index in [0.29, 0.717) is 11.1 Å². The van der Waals surface area contributed by atoms with Crippen LogP contribution >= 0.6 is 0 Å². The Hall–Kier alpha value is -3.04. The average Bonchev–Trinajstić information content (AvgIpc) is 2.99. The molecule has 0 spiro atoms. The van der Waals surface area contributed by atoms with Gasteiger partial charge in [0.2, 0.25) is 10.0 Å². The van der Waals surface area contributed by atoms with Crippen molar-refractivity contribution in [3.05, 3.63) is 63.2 Å². The zero-order chi connectivity index (χ0) is 23.8. The largest absolute Gasteiger partial charge is 0.444 e. The summed E-state index contributed by atoms with van der Waals surface area (Å²) in [6.45, 7) is 8.55. The molecule has 3 rings (SSSR count). The van der Waals surface area contributed by atoms with Crippen LogP contribution in [0.5, 0.6) is 0 Å². The molecule has 0 saturated heterocycles. The first-order valence-electron chi connectivity index (χ1n) is 10.1. The summed E-state index contributed by atoms with van der Waals surface area (Å²) in [6.07, 6.45) is -0.246. The van der Waals surface area contributed by atoms with Crippen LogP contribution in [-0.4, -0.2) is 44.4 Å². The number of carbonyl (C=O) groups excluding carboxylic acids is 3. The smallest absolute Gasteiger partial charge is 0.308 e. The number of sulfonamides is 1. The predicted octanol–water partition coefficient (Wildman–Crippen LogP) is 2.69. The summed E-state index contributed by atoms with van der Waals surface area (Å²) in [5.74, 6) is -1.79. The van der Waals surface area contributed by atoms with Crippen molar-refractivity contribution in [2.75, 3.05) is 13.3 Å². The Bertz CT molecular complexity index is 1170. The van der Waals surface area contributed by atoms with Gasteiger partial charge in [0.05, 0.1) is 22.4 Å². The fraction of sp³-hybridized carbons (Fsp3) is 0.348. The molecule has 32 heavy (non-hydrogen) atoms. The Morgan fingerprint density at radius 3 is 1.84 bits per heavy atom. The molecular weight excluding hydrogens is 432 g/mol. The maximum atomic E-state index is 12.9. The monoisotopic (exact) mass is 458 g/mol. The second kappa shape index (κ2) is 8.84. The molecule has 0 aromatic heterocycles. The topological polar surface area (TPSA) is 110 Å². The highest BCUT2D eigenvalue weighted by molar-refractivity contribution is 7.89. The number of nitrogens with one attached hydrogen (secondary N) is 1. The van der Waals surface area contributed by atoms with Crippen molar-refractivity contribution in [2.24, 2.45) is 0 Å². The van der Waals surface area contributed by atoms with Crippen LogP contribution in [0.1, 0.15) is 55.0 Å². The number of nitrogens with zero attached hydrogens (tertiary/aromatic N) is 1. The van der Waals surface area contributed by atoms with E-state index in [0.717, 1.165) is 21.6 Å². The molecule has 0 bridgehead atoms. The van der Waals surface area contributed by atoms with Crippen LogP contribution in [0.25, 0.3) is 0 Å². The predicted molar refractivity (Wildman–Crippen MR) is 118 cm³/mol. The highest BCUT2D eigenvalue weighted by Crippen LogP contribution is 2.29. The number of fused-ring (bicyclic) bond motifs is 1. The van der Waals surface area contributed by atoms with E-state index in [4.69, 9.17) is 4.74 Å². The van der Waals surface area contributed by atoms with Crippen molar-refractivity contribution < 1.29 is 27.5 Å². The van der Waals surface area contributed by atoms with E-state index >= 15 is 0 Å².